The molecule has 2 aliphatic rings. The summed E-state index contributed by atoms with van der Waals surface area (Å²) in [4.78, 5) is 14.4. The van der Waals surface area contributed by atoms with Gasteiger partial charge in [0.25, 0.3) is 0 Å². The van der Waals surface area contributed by atoms with Gasteiger partial charge in [0.05, 0.1) is 4.90 Å². The molecule has 3 rings (SSSR count). The van der Waals surface area contributed by atoms with Crippen molar-refractivity contribution < 1.29 is 13.2 Å². The summed E-state index contributed by atoms with van der Waals surface area (Å²) in [5, 5.41) is 5.14. The zero-order valence-electron chi connectivity index (χ0n) is 11.2. The Morgan fingerprint density at radius 1 is 1.25 bits per heavy atom. The van der Waals surface area contributed by atoms with Gasteiger partial charge in [0.15, 0.2) is 0 Å². The summed E-state index contributed by atoms with van der Waals surface area (Å²) >= 11 is 0. The maximum atomic E-state index is 12.5. The van der Waals surface area contributed by atoms with E-state index >= 15 is 0 Å². The molecule has 0 atom stereocenters. The predicted molar refractivity (Wildman–Crippen MR) is 75.8 cm³/mol. The van der Waals surface area contributed by atoms with Gasteiger partial charge in [0, 0.05) is 18.2 Å². The zero-order chi connectivity index (χ0) is 14.3. The maximum absolute atomic E-state index is 12.5. The van der Waals surface area contributed by atoms with E-state index in [0.29, 0.717) is 13.0 Å². The van der Waals surface area contributed by atoms with Crippen LogP contribution < -0.4 is 10.0 Å². The first-order valence-electron chi connectivity index (χ1n) is 6.94. The Bertz CT molecular complexity index is 648. The molecule has 1 saturated carbocycles. The number of hydrogen-bond acceptors (Lipinski definition) is 3. The minimum absolute atomic E-state index is 0.117. The van der Waals surface area contributed by atoms with Gasteiger partial charge in [0.2, 0.25) is 15.9 Å². The van der Waals surface area contributed by atoms with E-state index in [-0.39, 0.29) is 16.7 Å². The van der Waals surface area contributed by atoms with E-state index in [4.69, 9.17) is 5.14 Å². The van der Waals surface area contributed by atoms with Crippen molar-refractivity contribution >= 4 is 21.6 Å². The third-order valence-electron chi connectivity index (χ3n) is 4.25. The van der Waals surface area contributed by atoms with Gasteiger partial charge in [-0.05, 0) is 43.0 Å². The second kappa shape index (κ2) is 4.86. The molecule has 0 radical (unpaired) electrons. The van der Waals surface area contributed by atoms with Crippen molar-refractivity contribution in [2.45, 2.75) is 37.0 Å². The number of hydrogen-bond donors (Lipinski definition) is 1. The molecule has 0 aromatic heterocycles. The highest BCUT2D eigenvalue weighted by Gasteiger charge is 2.32. The summed E-state index contributed by atoms with van der Waals surface area (Å²) < 4.78 is 22.7. The summed E-state index contributed by atoms with van der Waals surface area (Å²) in [6.45, 7) is 0.638. The van der Waals surface area contributed by atoms with E-state index in [0.717, 1.165) is 36.9 Å². The molecule has 1 fully saturated rings. The predicted octanol–water partition coefficient (Wildman–Crippen LogP) is 1.41. The van der Waals surface area contributed by atoms with Crippen molar-refractivity contribution in [3.8, 4) is 0 Å². The molecule has 1 amide bonds. The highest BCUT2D eigenvalue weighted by molar-refractivity contribution is 7.89. The number of carbonyl (C=O) groups is 1. The van der Waals surface area contributed by atoms with E-state index in [1.807, 2.05) is 0 Å². The van der Waals surface area contributed by atoms with Crippen LogP contribution in [0.3, 0.4) is 0 Å². The normalized spacial score (nSPS) is 19.4. The van der Waals surface area contributed by atoms with Gasteiger partial charge in [0.1, 0.15) is 0 Å². The zero-order valence-corrected chi connectivity index (χ0v) is 12.0. The van der Waals surface area contributed by atoms with Crippen molar-refractivity contribution in [3.05, 3.63) is 23.8 Å². The Kier molecular flexibility index (Phi) is 3.30. The molecule has 1 heterocycles. The van der Waals surface area contributed by atoms with Gasteiger partial charge in [-0.2, -0.15) is 0 Å². The summed E-state index contributed by atoms with van der Waals surface area (Å²) in [5.74, 6) is 0.323. The SMILES string of the molecule is NS(=O)(=O)c1ccc2c(c1)CCN2C(=O)C1CCCC1. The largest absolute Gasteiger partial charge is 0.312 e. The lowest BCUT2D eigenvalue weighted by atomic mass is 10.1. The number of nitrogens with zero attached hydrogens (tertiary/aromatic N) is 1. The van der Waals surface area contributed by atoms with Crippen LogP contribution in [0.1, 0.15) is 31.2 Å². The minimum Gasteiger partial charge on any atom is -0.312 e. The molecule has 1 aromatic carbocycles. The fourth-order valence-corrected chi connectivity index (χ4v) is 3.74. The van der Waals surface area contributed by atoms with E-state index < -0.39 is 10.0 Å². The highest BCUT2D eigenvalue weighted by Crippen LogP contribution is 2.34. The molecule has 0 saturated heterocycles. The lowest BCUT2D eigenvalue weighted by molar-refractivity contribution is -0.122. The lowest BCUT2D eigenvalue weighted by Crippen LogP contribution is -2.33. The average molecular weight is 294 g/mol. The average Bonchev–Trinajstić information content (AvgIpc) is 3.06. The Morgan fingerprint density at radius 2 is 1.95 bits per heavy atom. The molecule has 0 spiro atoms. The van der Waals surface area contributed by atoms with E-state index in [1.54, 1.807) is 17.0 Å². The van der Waals surface area contributed by atoms with Crippen LogP contribution in [0.2, 0.25) is 0 Å². The molecule has 108 valence electrons. The molecule has 20 heavy (non-hydrogen) atoms. The van der Waals surface area contributed by atoms with Crippen molar-refractivity contribution in [2.24, 2.45) is 11.1 Å². The van der Waals surface area contributed by atoms with Gasteiger partial charge in [-0.25, -0.2) is 13.6 Å². The topological polar surface area (TPSA) is 80.5 Å². The van der Waals surface area contributed by atoms with Gasteiger partial charge in [-0.15, -0.1) is 0 Å². The molecule has 0 unspecified atom stereocenters. The number of primary sulfonamides is 1. The number of amides is 1. The van der Waals surface area contributed by atoms with Crippen molar-refractivity contribution in [1.29, 1.82) is 0 Å². The Hall–Kier alpha value is -1.40. The van der Waals surface area contributed by atoms with Crippen molar-refractivity contribution in [1.82, 2.24) is 0 Å². The molecule has 1 aliphatic carbocycles. The van der Waals surface area contributed by atoms with Crippen LogP contribution in [-0.2, 0) is 21.2 Å². The smallest absolute Gasteiger partial charge is 0.238 e. The molecular weight excluding hydrogens is 276 g/mol. The molecular formula is C14H18N2O3S. The maximum Gasteiger partial charge on any atom is 0.238 e. The molecule has 1 aliphatic heterocycles. The number of fused-ring (bicyclic) bond motifs is 1. The summed E-state index contributed by atoms with van der Waals surface area (Å²) in [6, 6.07) is 4.77. The highest BCUT2D eigenvalue weighted by atomic mass is 32.2. The molecule has 1 aromatic rings. The number of nitrogens with two attached hydrogens (primary N) is 1. The van der Waals surface area contributed by atoms with E-state index in [2.05, 4.69) is 0 Å². The van der Waals surface area contributed by atoms with Crippen LogP contribution in [0.25, 0.3) is 0 Å². The lowest BCUT2D eigenvalue weighted by Gasteiger charge is -2.21. The van der Waals surface area contributed by atoms with Crippen LogP contribution in [0.4, 0.5) is 5.69 Å². The van der Waals surface area contributed by atoms with Crippen LogP contribution in [0, 0.1) is 5.92 Å². The van der Waals surface area contributed by atoms with Crippen LogP contribution in [0.5, 0.6) is 0 Å². The Balaban J connectivity index is 1.89. The second-order valence-corrected chi connectivity index (χ2v) is 7.12. The van der Waals surface area contributed by atoms with Crippen molar-refractivity contribution in [3.63, 3.8) is 0 Å². The number of rotatable bonds is 2. The third-order valence-corrected chi connectivity index (χ3v) is 5.16. The molecule has 2 N–H and O–H groups in total. The summed E-state index contributed by atoms with van der Waals surface area (Å²) in [7, 11) is -3.68. The number of anilines is 1. The van der Waals surface area contributed by atoms with Crippen LogP contribution in [0.15, 0.2) is 23.1 Å². The molecule has 5 nitrogen and oxygen atoms in total. The first kappa shape index (κ1) is 13.6. The van der Waals surface area contributed by atoms with Crippen molar-refractivity contribution in [2.75, 3.05) is 11.4 Å². The van der Waals surface area contributed by atoms with Gasteiger partial charge < -0.3 is 4.90 Å². The van der Waals surface area contributed by atoms with E-state index in [9.17, 15) is 13.2 Å². The molecule has 0 bridgehead atoms. The number of benzene rings is 1. The Morgan fingerprint density at radius 3 is 2.60 bits per heavy atom. The number of sulfonamides is 1. The van der Waals surface area contributed by atoms with Crippen LogP contribution >= 0.6 is 0 Å². The third kappa shape index (κ3) is 2.33. The molecule has 6 heteroatoms. The summed E-state index contributed by atoms with van der Waals surface area (Å²) in [6.07, 6.45) is 4.89. The van der Waals surface area contributed by atoms with Gasteiger partial charge in [-0.3, -0.25) is 4.79 Å². The number of carbonyl (C=O) groups excluding carboxylic acids is 1. The minimum atomic E-state index is -3.68. The quantitative estimate of drug-likeness (QED) is 0.895. The first-order chi connectivity index (χ1) is 9.47. The second-order valence-electron chi connectivity index (χ2n) is 5.56. The standard InChI is InChI=1S/C14H18N2O3S/c15-20(18,19)12-5-6-13-11(9-12)7-8-16(13)14(17)10-3-1-2-4-10/h5-6,9-10H,1-4,7-8H2,(H2,15,18,19). The fraction of sp³-hybridized carbons (Fsp3) is 0.500. The monoisotopic (exact) mass is 294 g/mol. The van der Waals surface area contributed by atoms with E-state index in [1.165, 1.54) is 6.07 Å². The van der Waals surface area contributed by atoms with Gasteiger partial charge in [-0.1, -0.05) is 12.8 Å². The summed E-state index contributed by atoms with van der Waals surface area (Å²) in [5.41, 5.74) is 1.73. The van der Waals surface area contributed by atoms with Crippen LogP contribution in [-0.4, -0.2) is 20.9 Å². The van der Waals surface area contributed by atoms with Gasteiger partial charge >= 0.3 is 0 Å². The fourth-order valence-electron chi connectivity index (χ4n) is 3.18. The first-order valence-corrected chi connectivity index (χ1v) is 8.48. The Labute approximate surface area is 118 Å².